The van der Waals surface area contributed by atoms with E-state index in [4.69, 9.17) is 16.3 Å². The number of nitrogens with one attached hydrogen (secondary N) is 1. The van der Waals surface area contributed by atoms with E-state index in [-0.39, 0.29) is 10.7 Å². The molecule has 1 N–H and O–H groups in total. The molecule has 0 saturated carbocycles. The number of nitro benzene ring substituents is 1. The standard InChI is InChI=1S/C13H13ClN4O3/c1-3-15-13-16-8(2)6-12(17-13)21-11-5-4-9(18(19)20)7-10(11)14/h4-7H,3H2,1-2H3,(H,15,16,17). The molecule has 0 aliphatic rings. The molecule has 0 aliphatic carbocycles. The molecule has 2 rings (SSSR count). The number of aryl methyl sites for hydroxylation is 1. The molecule has 7 nitrogen and oxygen atoms in total. The third kappa shape index (κ3) is 3.79. The number of benzene rings is 1. The van der Waals surface area contributed by atoms with Gasteiger partial charge in [-0.3, -0.25) is 10.1 Å². The van der Waals surface area contributed by atoms with Gasteiger partial charge >= 0.3 is 0 Å². The Hall–Kier alpha value is -2.41. The van der Waals surface area contributed by atoms with Crippen LogP contribution in [0.3, 0.4) is 0 Å². The molecule has 110 valence electrons. The Morgan fingerprint density at radius 1 is 1.38 bits per heavy atom. The van der Waals surface area contributed by atoms with Gasteiger partial charge in [0, 0.05) is 30.4 Å². The Balaban J connectivity index is 2.27. The lowest BCUT2D eigenvalue weighted by molar-refractivity contribution is -0.384. The lowest BCUT2D eigenvalue weighted by Crippen LogP contribution is -2.04. The quantitative estimate of drug-likeness (QED) is 0.670. The summed E-state index contributed by atoms with van der Waals surface area (Å²) < 4.78 is 5.57. The van der Waals surface area contributed by atoms with Crippen molar-refractivity contribution in [3.05, 3.63) is 45.1 Å². The van der Waals surface area contributed by atoms with Crippen LogP contribution < -0.4 is 10.1 Å². The molecule has 8 heteroatoms. The third-order valence-electron chi connectivity index (χ3n) is 2.51. The second kappa shape index (κ2) is 6.36. The summed E-state index contributed by atoms with van der Waals surface area (Å²) in [4.78, 5) is 18.5. The fourth-order valence-electron chi connectivity index (χ4n) is 1.63. The topological polar surface area (TPSA) is 90.2 Å². The summed E-state index contributed by atoms with van der Waals surface area (Å²) in [6, 6.07) is 5.64. The van der Waals surface area contributed by atoms with Crippen LogP contribution in [0, 0.1) is 17.0 Å². The second-order valence-electron chi connectivity index (χ2n) is 4.18. The van der Waals surface area contributed by atoms with Crippen molar-refractivity contribution in [2.75, 3.05) is 11.9 Å². The third-order valence-corrected chi connectivity index (χ3v) is 2.80. The van der Waals surface area contributed by atoms with Gasteiger partial charge in [0.1, 0.15) is 5.75 Å². The van der Waals surface area contributed by atoms with Crippen LogP contribution in [0.25, 0.3) is 0 Å². The van der Waals surface area contributed by atoms with Crippen molar-refractivity contribution in [1.82, 2.24) is 9.97 Å². The van der Waals surface area contributed by atoms with Crippen LogP contribution in [0.4, 0.5) is 11.6 Å². The molecule has 1 aromatic heterocycles. The molecule has 0 unspecified atom stereocenters. The second-order valence-corrected chi connectivity index (χ2v) is 4.58. The van der Waals surface area contributed by atoms with Crippen LogP contribution in [0.2, 0.25) is 5.02 Å². The van der Waals surface area contributed by atoms with Gasteiger partial charge in [0.15, 0.2) is 0 Å². The first kappa shape index (κ1) is 15.0. The van der Waals surface area contributed by atoms with Crippen molar-refractivity contribution in [2.45, 2.75) is 13.8 Å². The van der Waals surface area contributed by atoms with E-state index in [2.05, 4.69) is 15.3 Å². The molecule has 0 spiro atoms. The minimum absolute atomic E-state index is 0.0976. The first-order valence-corrected chi connectivity index (χ1v) is 6.58. The normalized spacial score (nSPS) is 10.2. The Morgan fingerprint density at radius 3 is 2.76 bits per heavy atom. The highest BCUT2D eigenvalue weighted by Gasteiger charge is 2.12. The molecule has 1 heterocycles. The number of ether oxygens (including phenoxy) is 1. The zero-order valence-electron chi connectivity index (χ0n) is 11.5. The molecule has 0 amide bonds. The lowest BCUT2D eigenvalue weighted by atomic mass is 10.3. The van der Waals surface area contributed by atoms with Crippen LogP contribution in [0.15, 0.2) is 24.3 Å². The van der Waals surface area contributed by atoms with Crippen LogP contribution in [0.1, 0.15) is 12.6 Å². The lowest BCUT2D eigenvalue weighted by Gasteiger charge is -2.09. The monoisotopic (exact) mass is 308 g/mol. The van der Waals surface area contributed by atoms with Crippen molar-refractivity contribution >= 4 is 23.2 Å². The van der Waals surface area contributed by atoms with E-state index >= 15 is 0 Å². The summed E-state index contributed by atoms with van der Waals surface area (Å²) >= 11 is 5.98. The maximum absolute atomic E-state index is 10.7. The Labute approximate surface area is 126 Å². The van der Waals surface area contributed by atoms with E-state index in [1.807, 2.05) is 13.8 Å². The molecular formula is C13H13ClN4O3. The van der Waals surface area contributed by atoms with Gasteiger partial charge in [0.05, 0.1) is 9.95 Å². The fourth-order valence-corrected chi connectivity index (χ4v) is 1.84. The summed E-state index contributed by atoms with van der Waals surface area (Å²) in [5.41, 5.74) is 0.633. The highest BCUT2D eigenvalue weighted by Crippen LogP contribution is 2.32. The molecule has 0 radical (unpaired) electrons. The van der Waals surface area contributed by atoms with E-state index in [9.17, 15) is 10.1 Å². The molecule has 2 aromatic rings. The average molecular weight is 309 g/mol. The Morgan fingerprint density at radius 2 is 2.14 bits per heavy atom. The molecule has 0 fully saturated rings. The smallest absolute Gasteiger partial charge is 0.271 e. The van der Waals surface area contributed by atoms with Gasteiger partial charge in [0.25, 0.3) is 5.69 Å². The van der Waals surface area contributed by atoms with Crippen molar-refractivity contribution < 1.29 is 9.66 Å². The van der Waals surface area contributed by atoms with Crippen molar-refractivity contribution in [2.24, 2.45) is 0 Å². The number of nitro groups is 1. The van der Waals surface area contributed by atoms with Crippen LogP contribution in [-0.2, 0) is 0 Å². The predicted octanol–water partition coefficient (Wildman–Crippen LogP) is 3.57. The number of hydrogen-bond acceptors (Lipinski definition) is 6. The van der Waals surface area contributed by atoms with Gasteiger partial charge in [-0.25, -0.2) is 4.98 Å². The molecule has 0 saturated heterocycles. The summed E-state index contributed by atoms with van der Waals surface area (Å²) in [5.74, 6) is 1.06. The zero-order valence-corrected chi connectivity index (χ0v) is 12.2. The summed E-state index contributed by atoms with van der Waals surface area (Å²) in [6.07, 6.45) is 0. The summed E-state index contributed by atoms with van der Waals surface area (Å²) in [5, 5.41) is 13.8. The molecule has 1 aromatic carbocycles. The number of hydrogen-bond donors (Lipinski definition) is 1. The summed E-state index contributed by atoms with van der Waals surface area (Å²) in [6.45, 7) is 4.42. The Bertz CT molecular complexity index is 678. The largest absolute Gasteiger partial charge is 0.437 e. The summed E-state index contributed by atoms with van der Waals surface area (Å²) in [7, 11) is 0. The minimum atomic E-state index is -0.520. The van der Waals surface area contributed by atoms with Gasteiger partial charge in [0.2, 0.25) is 11.8 Å². The number of halogens is 1. The Kier molecular flexibility index (Phi) is 4.54. The molecule has 0 atom stereocenters. The van der Waals surface area contributed by atoms with Crippen molar-refractivity contribution in [3.63, 3.8) is 0 Å². The van der Waals surface area contributed by atoms with E-state index in [1.54, 1.807) is 6.07 Å². The SMILES string of the molecule is CCNc1nc(C)cc(Oc2ccc([N+](=O)[O-])cc2Cl)n1. The van der Waals surface area contributed by atoms with Gasteiger partial charge in [-0.2, -0.15) is 4.98 Å². The van der Waals surface area contributed by atoms with E-state index < -0.39 is 4.92 Å². The first-order chi connectivity index (χ1) is 9.99. The van der Waals surface area contributed by atoms with Crippen LogP contribution in [-0.4, -0.2) is 21.4 Å². The van der Waals surface area contributed by atoms with Crippen molar-refractivity contribution in [1.29, 1.82) is 0 Å². The van der Waals surface area contributed by atoms with Crippen LogP contribution in [0.5, 0.6) is 11.6 Å². The minimum Gasteiger partial charge on any atom is -0.437 e. The average Bonchev–Trinajstić information content (AvgIpc) is 2.40. The molecular weight excluding hydrogens is 296 g/mol. The van der Waals surface area contributed by atoms with Gasteiger partial charge in [-0.15, -0.1) is 0 Å². The molecule has 0 bridgehead atoms. The number of anilines is 1. The first-order valence-electron chi connectivity index (χ1n) is 6.21. The van der Waals surface area contributed by atoms with Gasteiger partial charge in [-0.05, 0) is 19.9 Å². The van der Waals surface area contributed by atoms with E-state index in [0.717, 1.165) is 5.69 Å². The van der Waals surface area contributed by atoms with E-state index in [0.29, 0.717) is 24.1 Å². The molecule has 0 aliphatic heterocycles. The highest BCUT2D eigenvalue weighted by molar-refractivity contribution is 6.32. The fraction of sp³-hybridized carbons (Fsp3) is 0.231. The maximum atomic E-state index is 10.7. The van der Waals surface area contributed by atoms with E-state index in [1.165, 1.54) is 18.2 Å². The van der Waals surface area contributed by atoms with Gasteiger partial charge in [-0.1, -0.05) is 11.6 Å². The van der Waals surface area contributed by atoms with Crippen LogP contribution >= 0.6 is 11.6 Å². The number of nitrogens with zero attached hydrogens (tertiary/aromatic N) is 3. The molecule has 21 heavy (non-hydrogen) atoms. The number of non-ortho nitro benzene ring substituents is 1. The predicted molar refractivity (Wildman–Crippen MR) is 79.1 cm³/mol. The van der Waals surface area contributed by atoms with Gasteiger partial charge < -0.3 is 10.1 Å². The number of rotatable bonds is 5. The number of aromatic nitrogens is 2. The zero-order chi connectivity index (χ0) is 15.4. The maximum Gasteiger partial charge on any atom is 0.271 e. The van der Waals surface area contributed by atoms with Crippen molar-refractivity contribution in [3.8, 4) is 11.6 Å². The highest BCUT2D eigenvalue weighted by atomic mass is 35.5.